The van der Waals surface area contributed by atoms with E-state index in [0.29, 0.717) is 6.10 Å². The topological polar surface area (TPSA) is 21.3 Å². The molecule has 2 nitrogen and oxygen atoms in total. The minimum absolute atomic E-state index is 0.172. The van der Waals surface area contributed by atoms with Gasteiger partial charge in [-0.2, -0.15) is 0 Å². The van der Waals surface area contributed by atoms with Crippen molar-refractivity contribution in [3.05, 3.63) is 0 Å². The van der Waals surface area contributed by atoms with E-state index in [9.17, 15) is 0 Å². The van der Waals surface area contributed by atoms with Crippen molar-refractivity contribution in [1.29, 1.82) is 0 Å². The van der Waals surface area contributed by atoms with Gasteiger partial charge in [-0.25, -0.2) is 0 Å². The van der Waals surface area contributed by atoms with Crippen LogP contribution in [0.4, 0.5) is 0 Å². The molecule has 3 aliphatic rings. The largest absolute Gasteiger partial charge is 0.369 e. The zero-order chi connectivity index (χ0) is 14.7. The zero-order valence-corrected chi connectivity index (χ0v) is 14.2. The normalized spacial score (nSPS) is 39.0. The van der Waals surface area contributed by atoms with Crippen molar-refractivity contribution in [2.24, 2.45) is 17.8 Å². The maximum atomic E-state index is 6.72. The Morgan fingerprint density at radius 2 is 1.86 bits per heavy atom. The smallest absolute Gasteiger partial charge is 0.0810 e. The summed E-state index contributed by atoms with van der Waals surface area (Å²) >= 11 is 0. The van der Waals surface area contributed by atoms with E-state index >= 15 is 0 Å². The van der Waals surface area contributed by atoms with E-state index in [4.69, 9.17) is 4.74 Å². The third kappa shape index (κ3) is 4.01. The molecule has 122 valence electrons. The Kier molecular flexibility index (Phi) is 5.27. The molecule has 0 bridgehead atoms. The summed E-state index contributed by atoms with van der Waals surface area (Å²) < 4.78 is 6.72. The van der Waals surface area contributed by atoms with Crippen molar-refractivity contribution >= 4 is 0 Å². The fraction of sp³-hybridized carbons (Fsp3) is 1.00. The zero-order valence-electron chi connectivity index (χ0n) is 14.2. The fourth-order valence-corrected chi connectivity index (χ4v) is 5.01. The maximum absolute atomic E-state index is 6.72. The molecule has 1 aliphatic heterocycles. The molecule has 3 unspecified atom stereocenters. The number of rotatable bonds is 3. The highest BCUT2D eigenvalue weighted by molar-refractivity contribution is 4.93. The van der Waals surface area contributed by atoms with Crippen LogP contribution >= 0.6 is 0 Å². The van der Waals surface area contributed by atoms with Gasteiger partial charge in [0.2, 0.25) is 0 Å². The van der Waals surface area contributed by atoms with Gasteiger partial charge in [0, 0.05) is 13.1 Å². The molecule has 1 heterocycles. The molecule has 1 spiro atoms. The number of morpholine rings is 1. The molecule has 2 saturated carbocycles. The van der Waals surface area contributed by atoms with Crippen molar-refractivity contribution < 1.29 is 4.74 Å². The Labute approximate surface area is 131 Å². The lowest BCUT2D eigenvalue weighted by atomic mass is 9.87. The van der Waals surface area contributed by atoms with Gasteiger partial charge in [-0.05, 0) is 43.4 Å². The summed E-state index contributed by atoms with van der Waals surface area (Å²) in [7, 11) is 0. The number of hydrogen-bond donors (Lipinski definition) is 1. The summed E-state index contributed by atoms with van der Waals surface area (Å²) in [5, 5.41) is 3.72. The van der Waals surface area contributed by atoms with Gasteiger partial charge in [-0.15, -0.1) is 0 Å². The molecular formula is C19H35NO. The van der Waals surface area contributed by atoms with E-state index in [1.807, 2.05) is 0 Å². The average Bonchev–Trinajstić information content (AvgIpc) is 2.87. The van der Waals surface area contributed by atoms with Crippen LogP contribution in [0.2, 0.25) is 0 Å². The number of nitrogens with one attached hydrogen (secondary N) is 1. The second kappa shape index (κ2) is 7.00. The molecule has 2 heteroatoms. The van der Waals surface area contributed by atoms with Crippen LogP contribution in [0.1, 0.15) is 78.1 Å². The molecule has 0 aromatic heterocycles. The van der Waals surface area contributed by atoms with E-state index < -0.39 is 0 Å². The van der Waals surface area contributed by atoms with Crippen molar-refractivity contribution in [2.75, 3.05) is 13.1 Å². The third-order valence-electron chi connectivity index (χ3n) is 6.43. The monoisotopic (exact) mass is 293 g/mol. The van der Waals surface area contributed by atoms with Crippen LogP contribution in [0.3, 0.4) is 0 Å². The van der Waals surface area contributed by atoms with Gasteiger partial charge >= 0.3 is 0 Å². The van der Waals surface area contributed by atoms with Crippen molar-refractivity contribution in [2.45, 2.75) is 89.8 Å². The van der Waals surface area contributed by atoms with Crippen LogP contribution < -0.4 is 5.32 Å². The fourth-order valence-electron chi connectivity index (χ4n) is 5.01. The van der Waals surface area contributed by atoms with Crippen LogP contribution in [0.15, 0.2) is 0 Å². The number of ether oxygens (including phenoxy) is 1. The van der Waals surface area contributed by atoms with Crippen molar-refractivity contribution in [1.82, 2.24) is 5.32 Å². The quantitative estimate of drug-likeness (QED) is 0.825. The molecule has 0 amide bonds. The summed E-state index contributed by atoms with van der Waals surface area (Å²) in [5.41, 5.74) is 0.172. The molecule has 0 radical (unpaired) electrons. The summed E-state index contributed by atoms with van der Waals surface area (Å²) in [6.45, 7) is 6.97. The van der Waals surface area contributed by atoms with E-state index in [0.717, 1.165) is 30.8 Å². The second-order valence-corrected chi connectivity index (χ2v) is 8.37. The first-order chi connectivity index (χ1) is 10.2. The predicted octanol–water partition coefficient (Wildman–Crippen LogP) is 4.53. The molecule has 0 aromatic rings. The Bertz CT molecular complexity index is 324. The van der Waals surface area contributed by atoms with Crippen LogP contribution in [-0.4, -0.2) is 24.8 Å². The Morgan fingerprint density at radius 1 is 1.05 bits per heavy atom. The molecule has 3 rings (SSSR count). The van der Waals surface area contributed by atoms with Gasteiger partial charge in [0.1, 0.15) is 0 Å². The molecule has 1 N–H and O–H groups in total. The summed E-state index contributed by atoms with van der Waals surface area (Å²) in [5.74, 6) is 2.70. The minimum Gasteiger partial charge on any atom is -0.369 e. The van der Waals surface area contributed by atoms with Gasteiger partial charge in [-0.1, -0.05) is 52.4 Å². The minimum atomic E-state index is 0.172. The average molecular weight is 293 g/mol. The Hall–Kier alpha value is -0.0800. The van der Waals surface area contributed by atoms with Crippen LogP contribution in [0, 0.1) is 17.8 Å². The Balaban J connectivity index is 1.56. The second-order valence-electron chi connectivity index (χ2n) is 8.37. The molecule has 21 heavy (non-hydrogen) atoms. The van der Waals surface area contributed by atoms with Crippen LogP contribution in [0.5, 0.6) is 0 Å². The highest BCUT2D eigenvalue weighted by Crippen LogP contribution is 2.39. The molecule has 1 saturated heterocycles. The van der Waals surface area contributed by atoms with E-state index in [1.54, 1.807) is 0 Å². The van der Waals surface area contributed by atoms with Gasteiger partial charge < -0.3 is 10.1 Å². The lowest BCUT2D eigenvalue weighted by Crippen LogP contribution is -2.54. The third-order valence-corrected chi connectivity index (χ3v) is 6.43. The summed E-state index contributed by atoms with van der Waals surface area (Å²) in [6.07, 6.45) is 14.3. The van der Waals surface area contributed by atoms with Gasteiger partial charge in [0.25, 0.3) is 0 Å². The standard InChI is InChI=1S/C19H35NO/c1-15(2)17-8-5-10-19(11-9-17)14-20-13-18(21-19)12-16-6-3-4-7-16/h15-18,20H,3-14H2,1-2H3. The first kappa shape index (κ1) is 15.8. The van der Waals surface area contributed by atoms with Gasteiger partial charge in [0.15, 0.2) is 0 Å². The van der Waals surface area contributed by atoms with Crippen LogP contribution in [-0.2, 0) is 4.74 Å². The van der Waals surface area contributed by atoms with Crippen molar-refractivity contribution in [3.8, 4) is 0 Å². The van der Waals surface area contributed by atoms with Gasteiger partial charge in [-0.3, -0.25) is 0 Å². The van der Waals surface area contributed by atoms with Crippen molar-refractivity contribution in [3.63, 3.8) is 0 Å². The first-order valence-corrected chi connectivity index (χ1v) is 9.55. The number of hydrogen-bond acceptors (Lipinski definition) is 2. The first-order valence-electron chi connectivity index (χ1n) is 9.55. The van der Waals surface area contributed by atoms with Gasteiger partial charge in [0.05, 0.1) is 11.7 Å². The molecule has 0 aromatic carbocycles. The highest BCUT2D eigenvalue weighted by Gasteiger charge is 2.39. The molecule has 3 atom stereocenters. The SMILES string of the molecule is CC(C)C1CCCC2(CC1)CNCC(CC1CCCC1)O2. The maximum Gasteiger partial charge on any atom is 0.0810 e. The summed E-state index contributed by atoms with van der Waals surface area (Å²) in [4.78, 5) is 0. The van der Waals surface area contributed by atoms with E-state index in [2.05, 4.69) is 19.2 Å². The Morgan fingerprint density at radius 3 is 2.62 bits per heavy atom. The summed E-state index contributed by atoms with van der Waals surface area (Å²) in [6, 6.07) is 0. The molecular weight excluding hydrogens is 258 g/mol. The lowest BCUT2D eigenvalue weighted by molar-refractivity contribution is -0.130. The van der Waals surface area contributed by atoms with E-state index in [-0.39, 0.29) is 5.60 Å². The predicted molar refractivity (Wildman–Crippen MR) is 88.5 cm³/mol. The lowest BCUT2D eigenvalue weighted by Gasteiger charge is -2.42. The van der Waals surface area contributed by atoms with E-state index in [1.165, 1.54) is 64.2 Å². The van der Waals surface area contributed by atoms with Crippen LogP contribution in [0.25, 0.3) is 0 Å². The molecule has 3 fully saturated rings. The molecule has 2 aliphatic carbocycles. The highest BCUT2D eigenvalue weighted by atomic mass is 16.5.